The Kier molecular flexibility index (Phi) is 6.14. The fourth-order valence-corrected chi connectivity index (χ4v) is 3.60. The maximum absolute atomic E-state index is 6.53. The summed E-state index contributed by atoms with van der Waals surface area (Å²) in [5, 5.41) is 2.06. The highest BCUT2D eigenvalue weighted by Crippen LogP contribution is 2.46. The number of ether oxygens (including phenoxy) is 3. The van der Waals surface area contributed by atoms with Gasteiger partial charge < -0.3 is 14.2 Å². The first-order valence-electron chi connectivity index (χ1n) is 7.98. The van der Waals surface area contributed by atoms with Crippen molar-refractivity contribution in [2.75, 3.05) is 27.1 Å². The molecule has 0 aliphatic rings. The Morgan fingerprint density at radius 3 is 2.26 bits per heavy atom. The summed E-state index contributed by atoms with van der Waals surface area (Å²) in [5.74, 6) is 1.25. The van der Waals surface area contributed by atoms with Crippen molar-refractivity contribution in [1.29, 1.82) is 0 Å². The number of methoxy groups -OCH3 is 2. The van der Waals surface area contributed by atoms with Crippen molar-refractivity contribution in [2.45, 2.75) is 12.1 Å². The highest BCUT2D eigenvalue weighted by molar-refractivity contribution is 7.98. The minimum absolute atomic E-state index is 0.333. The van der Waals surface area contributed by atoms with Crippen molar-refractivity contribution in [3.63, 3.8) is 0 Å². The second kappa shape index (κ2) is 8.37. The Hall–Kier alpha value is -1.96. The van der Waals surface area contributed by atoms with Gasteiger partial charge in [0, 0.05) is 23.2 Å². The average molecular weight is 426 g/mol. The van der Waals surface area contributed by atoms with Crippen LogP contribution in [-0.2, 0) is 0 Å². The van der Waals surface area contributed by atoms with Crippen molar-refractivity contribution in [3.8, 4) is 28.6 Å². The highest BCUT2D eigenvalue weighted by Gasteiger charge is 2.21. The molecular weight excluding hydrogens is 409 g/mol. The van der Waals surface area contributed by atoms with E-state index in [1.54, 1.807) is 12.3 Å². The molecule has 0 saturated carbocycles. The molecule has 0 bridgehead atoms. The normalized spacial score (nSPS) is 10.9. The monoisotopic (exact) mass is 425 g/mol. The van der Waals surface area contributed by atoms with Gasteiger partial charge in [-0.25, -0.2) is 15.0 Å². The molecule has 0 saturated heterocycles. The molecule has 0 unspecified atom stereocenters. The number of nitrogens with zero attached hydrogens (tertiary/aromatic N) is 3. The van der Waals surface area contributed by atoms with E-state index in [1.165, 1.54) is 26.0 Å². The Bertz CT molecular complexity index is 973. The van der Waals surface area contributed by atoms with E-state index in [9.17, 15) is 0 Å². The van der Waals surface area contributed by atoms with E-state index in [2.05, 4.69) is 15.0 Å². The molecule has 0 N–H and O–H groups in total. The molecule has 0 atom stereocenters. The van der Waals surface area contributed by atoms with Crippen molar-refractivity contribution in [3.05, 3.63) is 28.4 Å². The van der Waals surface area contributed by atoms with Gasteiger partial charge >= 0.3 is 0 Å². The summed E-state index contributed by atoms with van der Waals surface area (Å²) in [6, 6.07) is 3.44. The lowest BCUT2D eigenvalue weighted by atomic mass is 10.1. The number of pyridine rings is 1. The van der Waals surface area contributed by atoms with Crippen LogP contribution in [-0.4, -0.2) is 42.0 Å². The molecule has 0 amide bonds. The van der Waals surface area contributed by atoms with Crippen LogP contribution in [0.3, 0.4) is 0 Å². The van der Waals surface area contributed by atoms with Gasteiger partial charge in [0.1, 0.15) is 17.0 Å². The van der Waals surface area contributed by atoms with Gasteiger partial charge in [0.25, 0.3) is 0 Å². The van der Waals surface area contributed by atoms with Crippen LogP contribution in [0, 0.1) is 0 Å². The second-order valence-corrected chi connectivity index (χ2v) is 6.85. The van der Waals surface area contributed by atoms with E-state index in [0.29, 0.717) is 56.0 Å². The zero-order valence-electron chi connectivity index (χ0n) is 15.2. The Balaban J connectivity index is 2.32. The maximum atomic E-state index is 6.53. The average Bonchev–Trinajstić information content (AvgIpc) is 2.68. The fourth-order valence-electron chi connectivity index (χ4n) is 2.57. The van der Waals surface area contributed by atoms with Gasteiger partial charge in [0.2, 0.25) is 5.88 Å². The molecular formula is C18H17Cl2N3O3S. The van der Waals surface area contributed by atoms with E-state index in [0.717, 1.165) is 5.39 Å². The van der Waals surface area contributed by atoms with E-state index in [1.807, 2.05) is 19.2 Å². The predicted molar refractivity (Wildman–Crippen MR) is 109 cm³/mol. The van der Waals surface area contributed by atoms with Crippen LogP contribution >= 0.6 is 35.0 Å². The van der Waals surface area contributed by atoms with Gasteiger partial charge in [-0.15, -0.1) is 0 Å². The number of benzene rings is 1. The van der Waals surface area contributed by atoms with E-state index >= 15 is 0 Å². The van der Waals surface area contributed by atoms with Crippen LogP contribution < -0.4 is 14.2 Å². The third-order valence-electron chi connectivity index (χ3n) is 3.81. The zero-order chi connectivity index (χ0) is 19.6. The number of fused-ring (bicyclic) bond motifs is 1. The van der Waals surface area contributed by atoms with Gasteiger partial charge in [-0.05, 0) is 19.2 Å². The Morgan fingerprint density at radius 2 is 1.70 bits per heavy atom. The lowest BCUT2D eigenvalue weighted by molar-refractivity contribution is 0.331. The predicted octanol–water partition coefficient (Wildman–Crippen LogP) is 5.14. The molecule has 9 heteroatoms. The van der Waals surface area contributed by atoms with E-state index in [4.69, 9.17) is 37.4 Å². The Morgan fingerprint density at radius 1 is 1.04 bits per heavy atom. The van der Waals surface area contributed by atoms with Gasteiger partial charge in [-0.1, -0.05) is 35.0 Å². The van der Waals surface area contributed by atoms with Crippen molar-refractivity contribution < 1.29 is 14.2 Å². The molecule has 2 heterocycles. The van der Waals surface area contributed by atoms with Crippen LogP contribution in [0.5, 0.6) is 17.4 Å². The van der Waals surface area contributed by atoms with Crippen molar-refractivity contribution >= 4 is 45.9 Å². The molecule has 0 spiro atoms. The van der Waals surface area contributed by atoms with Crippen molar-refractivity contribution in [2.24, 2.45) is 0 Å². The largest absolute Gasteiger partial charge is 0.495 e. The van der Waals surface area contributed by atoms with Gasteiger partial charge in [0.15, 0.2) is 5.16 Å². The summed E-state index contributed by atoms with van der Waals surface area (Å²) in [6.07, 6.45) is 3.63. The molecule has 0 fully saturated rings. The number of hydrogen-bond donors (Lipinski definition) is 0. The first kappa shape index (κ1) is 19.8. The highest BCUT2D eigenvalue weighted by atomic mass is 35.5. The molecule has 3 rings (SSSR count). The summed E-state index contributed by atoms with van der Waals surface area (Å²) in [5.41, 5.74) is 1.63. The lowest BCUT2D eigenvalue weighted by Crippen LogP contribution is -2.01. The standard InChI is InChI=1S/C18H17Cl2N3O3S/c1-5-26-17-16-9(8-21-18(23-16)27-4)6-10(22-17)13-14(19)11(24-2)7-12(25-3)15(13)20/h6-8H,5H2,1-4H3. The van der Waals surface area contributed by atoms with Gasteiger partial charge in [-0.3, -0.25) is 0 Å². The third kappa shape index (κ3) is 3.72. The molecule has 6 nitrogen and oxygen atoms in total. The topological polar surface area (TPSA) is 66.4 Å². The summed E-state index contributed by atoms with van der Waals surface area (Å²) in [7, 11) is 3.05. The van der Waals surface area contributed by atoms with Gasteiger partial charge in [-0.2, -0.15) is 0 Å². The number of hydrogen-bond acceptors (Lipinski definition) is 7. The fraction of sp³-hybridized carbons (Fsp3) is 0.278. The van der Waals surface area contributed by atoms with E-state index in [-0.39, 0.29) is 0 Å². The van der Waals surface area contributed by atoms with Gasteiger partial charge in [0.05, 0.1) is 36.6 Å². The molecule has 0 aliphatic heterocycles. The number of thioether (sulfide) groups is 1. The summed E-state index contributed by atoms with van der Waals surface area (Å²) < 4.78 is 16.4. The molecule has 142 valence electrons. The Labute approximate surface area is 171 Å². The van der Waals surface area contributed by atoms with Crippen molar-refractivity contribution in [1.82, 2.24) is 15.0 Å². The van der Waals surface area contributed by atoms with Crippen LogP contribution in [0.4, 0.5) is 0 Å². The van der Waals surface area contributed by atoms with E-state index < -0.39 is 0 Å². The molecule has 0 radical (unpaired) electrons. The second-order valence-electron chi connectivity index (χ2n) is 5.32. The SMILES string of the molecule is CCOc1nc(-c2c(Cl)c(OC)cc(OC)c2Cl)cc2cnc(SC)nc12. The number of halogens is 2. The minimum atomic E-state index is 0.333. The first-order valence-corrected chi connectivity index (χ1v) is 9.97. The third-order valence-corrected chi connectivity index (χ3v) is 5.12. The summed E-state index contributed by atoms with van der Waals surface area (Å²) >= 11 is 14.5. The van der Waals surface area contributed by atoms with Crippen LogP contribution in [0.15, 0.2) is 23.5 Å². The molecule has 0 aliphatic carbocycles. The molecule has 1 aromatic carbocycles. The molecule has 27 heavy (non-hydrogen) atoms. The first-order chi connectivity index (χ1) is 13.0. The minimum Gasteiger partial charge on any atom is -0.495 e. The lowest BCUT2D eigenvalue weighted by Gasteiger charge is -2.15. The quantitative estimate of drug-likeness (QED) is 0.400. The van der Waals surface area contributed by atoms with Crippen LogP contribution in [0.25, 0.3) is 22.2 Å². The maximum Gasteiger partial charge on any atom is 0.241 e. The molecule has 2 aromatic heterocycles. The summed E-state index contributed by atoms with van der Waals surface area (Å²) in [6.45, 7) is 2.32. The smallest absolute Gasteiger partial charge is 0.241 e. The van der Waals surface area contributed by atoms with Crippen LogP contribution in [0.1, 0.15) is 6.92 Å². The molecule has 3 aromatic rings. The zero-order valence-corrected chi connectivity index (χ0v) is 17.5. The number of rotatable bonds is 6. The van der Waals surface area contributed by atoms with Crippen LogP contribution in [0.2, 0.25) is 10.0 Å². The summed E-state index contributed by atoms with van der Waals surface area (Å²) in [4.78, 5) is 13.4. The number of aromatic nitrogens is 3.